The second-order valence-electron chi connectivity index (χ2n) is 4.21. The number of hydrogen-bond donors (Lipinski definition) is 3. The molecule has 21 heavy (non-hydrogen) atoms. The van der Waals surface area contributed by atoms with Crippen molar-refractivity contribution in [3.05, 3.63) is 56.9 Å². The molecule has 2 rings (SSSR count). The molecular formula is C14H11IN2O4. The van der Waals surface area contributed by atoms with Crippen molar-refractivity contribution in [1.29, 1.82) is 0 Å². The first-order valence-electron chi connectivity index (χ1n) is 5.92. The van der Waals surface area contributed by atoms with Gasteiger partial charge in [0.1, 0.15) is 11.4 Å². The van der Waals surface area contributed by atoms with E-state index in [1.54, 1.807) is 18.2 Å². The molecule has 1 aromatic carbocycles. The van der Waals surface area contributed by atoms with E-state index in [2.05, 4.69) is 10.3 Å². The Morgan fingerprint density at radius 3 is 2.57 bits per heavy atom. The number of amides is 1. The lowest BCUT2D eigenvalue weighted by Crippen LogP contribution is -2.22. The molecule has 108 valence electrons. The van der Waals surface area contributed by atoms with Gasteiger partial charge in [0.05, 0.1) is 3.57 Å². The number of aromatic carboxylic acids is 1. The quantitative estimate of drug-likeness (QED) is 0.685. The van der Waals surface area contributed by atoms with Gasteiger partial charge in [-0.05, 0) is 52.4 Å². The lowest BCUT2D eigenvalue weighted by Gasteiger charge is -2.06. The van der Waals surface area contributed by atoms with E-state index >= 15 is 0 Å². The van der Waals surface area contributed by atoms with Crippen LogP contribution in [0.25, 0.3) is 0 Å². The van der Waals surface area contributed by atoms with E-state index in [0.29, 0.717) is 14.7 Å². The number of rotatable bonds is 4. The molecule has 1 heterocycles. The lowest BCUT2D eigenvalue weighted by molar-refractivity contribution is 0.0690. The molecule has 2 aromatic rings. The van der Waals surface area contributed by atoms with Crippen LogP contribution < -0.4 is 5.32 Å². The van der Waals surface area contributed by atoms with E-state index in [1.165, 1.54) is 18.3 Å². The number of benzene rings is 1. The molecule has 0 fully saturated rings. The van der Waals surface area contributed by atoms with Gasteiger partial charge in [0.25, 0.3) is 5.91 Å². The van der Waals surface area contributed by atoms with Gasteiger partial charge in [0.2, 0.25) is 0 Å². The van der Waals surface area contributed by atoms with Crippen molar-refractivity contribution in [2.45, 2.75) is 6.54 Å². The standard InChI is InChI=1S/C14H11IN2O4/c15-10-3-2-9(5-12(10)18)13(19)17-7-8-1-4-11(14(20)21)16-6-8/h1-6,18H,7H2,(H,17,19)(H,20,21). The van der Waals surface area contributed by atoms with E-state index in [0.717, 1.165) is 0 Å². The topological polar surface area (TPSA) is 99.5 Å². The molecule has 0 spiro atoms. The molecule has 0 bridgehead atoms. The van der Waals surface area contributed by atoms with Gasteiger partial charge in [-0.3, -0.25) is 4.79 Å². The highest BCUT2D eigenvalue weighted by Crippen LogP contribution is 2.20. The maximum atomic E-state index is 11.9. The fraction of sp³-hybridized carbons (Fsp3) is 0.0714. The Morgan fingerprint density at radius 2 is 2.00 bits per heavy atom. The minimum Gasteiger partial charge on any atom is -0.507 e. The van der Waals surface area contributed by atoms with Gasteiger partial charge in [-0.2, -0.15) is 0 Å². The second kappa shape index (κ2) is 6.53. The lowest BCUT2D eigenvalue weighted by atomic mass is 10.2. The molecule has 0 atom stereocenters. The monoisotopic (exact) mass is 398 g/mol. The fourth-order valence-electron chi connectivity index (χ4n) is 1.59. The Morgan fingerprint density at radius 1 is 1.24 bits per heavy atom. The highest BCUT2D eigenvalue weighted by Gasteiger charge is 2.09. The third-order valence-electron chi connectivity index (χ3n) is 2.71. The number of halogens is 1. The van der Waals surface area contributed by atoms with Crippen LogP contribution in [-0.2, 0) is 6.54 Å². The minimum absolute atomic E-state index is 0.0485. The zero-order chi connectivity index (χ0) is 15.4. The van der Waals surface area contributed by atoms with E-state index in [4.69, 9.17) is 5.11 Å². The number of phenolic OH excluding ortho intramolecular Hbond substituents is 1. The zero-order valence-corrected chi connectivity index (χ0v) is 12.9. The van der Waals surface area contributed by atoms with E-state index in [-0.39, 0.29) is 23.9 Å². The molecule has 0 saturated heterocycles. The van der Waals surface area contributed by atoms with Crippen molar-refractivity contribution in [2.24, 2.45) is 0 Å². The van der Waals surface area contributed by atoms with E-state index in [1.807, 2.05) is 22.6 Å². The molecule has 0 saturated carbocycles. The van der Waals surface area contributed by atoms with Crippen molar-refractivity contribution >= 4 is 34.5 Å². The summed E-state index contributed by atoms with van der Waals surface area (Å²) in [5, 5.41) is 21.0. The van der Waals surface area contributed by atoms with Crippen LogP contribution in [0.5, 0.6) is 5.75 Å². The summed E-state index contributed by atoms with van der Waals surface area (Å²) in [6.45, 7) is 0.221. The molecular weight excluding hydrogens is 387 g/mol. The van der Waals surface area contributed by atoms with E-state index in [9.17, 15) is 14.7 Å². The van der Waals surface area contributed by atoms with Crippen LogP contribution in [0.2, 0.25) is 0 Å². The van der Waals surface area contributed by atoms with Crippen molar-refractivity contribution in [1.82, 2.24) is 10.3 Å². The normalized spacial score (nSPS) is 10.1. The molecule has 6 nitrogen and oxygen atoms in total. The SMILES string of the molecule is O=C(NCc1ccc(C(=O)O)nc1)c1ccc(I)c(O)c1. The van der Waals surface area contributed by atoms with Gasteiger partial charge in [-0.1, -0.05) is 6.07 Å². The fourth-order valence-corrected chi connectivity index (χ4v) is 1.93. The van der Waals surface area contributed by atoms with Crippen LogP contribution in [0.3, 0.4) is 0 Å². The van der Waals surface area contributed by atoms with Gasteiger partial charge in [-0.15, -0.1) is 0 Å². The van der Waals surface area contributed by atoms with Crippen molar-refractivity contribution < 1.29 is 19.8 Å². The molecule has 1 aromatic heterocycles. The summed E-state index contributed by atoms with van der Waals surface area (Å²) in [7, 11) is 0. The van der Waals surface area contributed by atoms with Crippen molar-refractivity contribution in [3.8, 4) is 5.75 Å². The smallest absolute Gasteiger partial charge is 0.354 e. The summed E-state index contributed by atoms with van der Waals surface area (Å²) < 4.78 is 0.664. The van der Waals surface area contributed by atoms with Crippen LogP contribution in [0.1, 0.15) is 26.4 Å². The average Bonchev–Trinajstić information content (AvgIpc) is 2.48. The summed E-state index contributed by atoms with van der Waals surface area (Å²) in [6, 6.07) is 7.61. The van der Waals surface area contributed by atoms with Crippen LogP contribution in [0.4, 0.5) is 0 Å². The summed E-state index contributed by atoms with van der Waals surface area (Å²) >= 11 is 1.97. The molecule has 0 aliphatic rings. The number of pyridine rings is 1. The number of carboxylic acid groups (broad SMARTS) is 1. The Bertz CT molecular complexity index is 686. The number of hydrogen-bond acceptors (Lipinski definition) is 4. The average molecular weight is 398 g/mol. The first kappa shape index (κ1) is 15.2. The van der Waals surface area contributed by atoms with Gasteiger partial charge in [0, 0.05) is 18.3 Å². The van der Waals surface area contributed by atoms with Crippen LogP contribution in [0, 0.1) is 3.57 Å². The van der Waals surface area contributed by atoms with Crippen LogP contribution in [0.15, 0.2) is 36.5 Å². The van der Waals surface area contributed by atoms with Crippen LogP contribution in [-0.4, -0.2) is 27.1 Å². The van der Waals surface area contributed by atoms with Crippen LogP contribution >= 0.6 is 22.6 Å². The molecule has 3 N–H and O–H groups in total. The largest absolute Gasteiger partial charge is 0.507 e. The summed E-state index contributed by atoms with van der Waals surface area (Å²) in [6.07, 6.45) is 1.40. The number of aromatic nitrogens is 1. The highest BCUT2D eigenvalue weighted by molar-refractivity contribution is 14.1. The van der Waals surface area contributed by atoms with Gasteiger partial charge >= 0.3 is 5.97 Å². The van der Waals surface area contributed by atoms with Crippen molar-refractivity contribution in [2.75, 3.05) is 0 Å². The molecule has 0 aliphatic carbocycles. The minimum atomic E-state index is -1.10. The predicted octanol–water partition coefficient (Wildman–Crippen LogP) is 2.02. The van der Waals surface area contributed by atoms with Gasteiger partial charge in [0.15, 0.2) is 0 Å². The molecule has 7 heteroatoms. The Hall–Kier alpha value is -2.16. The number of carbonyl (C=O) groups is 2. The third-order valence-corrected chi connectivity index (χ3v) is 3.62. The first-order valence-corrected chi connectivity index (χ1v) is 7.00. The Balaban J connectivity index is 2.00. The Kier molecular flexibility index (Phi) is 4.73. The number of carboxylic acids is 1. The third kappa shape index (κ3) is 3.91. The maximum absolute atomic E-state index is 11.9. The maximum Gasteiger partial charge on any atom is 0.354 e. The summed E-state index contributed by atoms with van der Waals surface area (Å²) in [4.78, 5) is 26.3. The number of aromatic hydroxyl groups is 1. The van der Waals surface area contributed by atoms with Gasteiger partial charge < -0.3 is 15.5 Å². The van der Waals surface area contributed by atoms with Gasteiger partial charge in [-0.25, -0.2) is 9.78 Å². The van der Waals surface area contributed by atoms with Crippen molar-refractivity contribution in [3.63, 3.8) is 0 Å². The number of carbonyl (C=O) groups excluding carboxylic acids is 1. The predicted molar refractivity (Wildman–Crippen MR) is 83.2 cm³/mol. The first-order chi connectivity index (χ1) is 9.97. The number of nitrogens with zero attached hydrogens (tertiary/aromatic N) is 1. The molecule has 1 amide bonds. The Labute approximate surface area is 134 Å². The molecule has 0 unspecified atom stereocenters. The van der Waals surface area contributed by atoms with E-state index < -0.39 is 5.97 Å². The highest BCUT2D eigenvalue weighted by atomic mass is 127. The number of phenols is 1. The zero-order valence-electron chi connectivity index (χ0n) is 10.7. The summed E-state index contributed by atoms with van der Waals surface area (Å²) in [5.41, 5.74) is 0.985. The molecule has 0 radical (unpaired) electrons. The second-order valence-corrected chi connectivity index (χ2v) is 5.37. The summed E-state index contributed by atoms with van der Waals surface area (Å²) in [5.74, 6) is -1.38. The molecule has 0 aliphatic heterocycles. The number of nitrogens with one attached hydrogen (secondary N) is 1.